The fourth-order valence-electron chi connectivity index (χ4n) is 5.16. The van der Waals surface area contributed by atoms with Crippen molar-refractivity contribution in [2.75, 3.05) is 32.8 Å². The van der Waals surface area contributed by atoms with E-state index in [1.807, 2.05) is 0 Å². The van der Waals surface area contributed by atoms with Gasteiger partial charge in [0.1, 0.15) is 0 Å². The van der Waals surface area contributed by atoms with Crippen molar-refractivity contribution in [2.45, 2.75) is 51.1 Å². The molecule has 1 aliphatic heterocycles. The molecule has 0 bridgehead atoms. The highest BCUT2D eigenvalue weighted by Gasteiger charge is 2.28. The second kappa shape index (κ2) is 10.4. The molecule has 1 saturated heterocycles. The molecular formula is C26H36N2O. The third kappa shape index (κ3) is 5.69. The predicted molar refractivity (Wildman–Crippen MR) is 121 cm³/mol. The Balaban J connectivity index is 1.35. The van der Waals surface area contributed by atoms with E-state index in [0.29, 0.717) is 6.04 Å². The third-order valence-electron chi connectivity index (χ3n) is 6.84. The SMILES string of the molecule is OCC[C@@H]1CN(CC2CCCCC2)CCN1Cc1ccc(-c2ccccc2)cc1. The first-order chi connectivity index (χ1) is 14.3. The summed E-state index contributed by atoms with van der Waals surface area (Å²) in [6.45, 7) is 5.92. The van der Waals surface area contributed by atoms with Crippen LogP contribution >= 0.6 is 0 Å². The molecule has 0 spiro atoms. The maximum absolute atomic E-state index is 9.63. The number of aliphatic hydroxyl groups is 1. The van der Waals surface area contributed by atoms with Crippen molar-refractivity contribution >= 4 is 0 Å². The summed E-state index contributed by atoms with van der Waals surface area (Å²) in [5.41, 5.74) is 3.92. The Morgan fingerprint density at radius 1 is 0.828 bits per heavy atom. The molecule has 2 aliphatic rings. The summed E-state index contributed by atoms with van der Waals surface area (Å²) < 4.78 is 0. The number of nitrogens with zero attached hydrogens (tertiary/aromatic N) is 2. The summed E-state index contributed by atoms with van der Waals surface area (Å²) in [5.74, 6) is 0.899. The summed E-state index contributed by atoms with van der Waals surface area (Å²) in [6, 6.07) is 20.1. The molecule has 2 fully saturated rings. The van der Waals surface area contributed by atoms with Crippen LogP contribution in [-0.2, 0) is 6.54 Å². The predicted octanol–water partition coefficient (Wildman–Crippen LogP) is 4.80. The standard InChI is InChI=1S/C26H36N2O/c29-18-15-26-21-27(19-22-7-3-1-4-8-22)16-17-28(26)20-23-11-13-25(14-12-23)24-9-5-2-6-10-24/h2,5-6,9-14,22,26,29H,1,3-4,7-8,15-21H2/t26-/m1/s1. The molecule has 1 heterocycles. The lowest BCUT2D eigenvalue weighted by Gasteiger charge is -2.43. The molecule has 156 valence electrons. The minimum Gasteiger partial charge on any atom is -0.396 e. The van der Waals surface area contributed by atoms with Gasteiger partial charge in [-0.05, 0) is 41.9 Å². The van der Waals surface area contributed by atoms with Crippen LogP contribution in [0.5, 0.6) is 0 Å². The van der Waals surface area contributed by atoms with Crippen LogP contribution < -0.4 is 0 Å². The second-order valence-electron chi connectivity index (χ2n) is 8.96. The van der Waals surface area contributed by atoms with Crippen molar-refractivity contribution in [1.29, 1.82) is 0 Å². The van der Waals surface area contributed by atoms with Crippen molar-refractivity contribution in [3.63, 3.8) is 0 Å². The van der Waals surface area contributed by atoms with Gasteiger partial charge in [0.05, 0.1) is 0 Å². The number of benzene rings is 2. The molecule has 1 aliphatic carbocycles. The molecule has 0 radical (unpaired) electrons. The number of hydrogen-bond acceptors (Lipinski definition) is 3. The molecule has 0 aromatic heterocycles. The van der Waals surface area contributed by atoms with Crippen molar-refractivity contribution in [3.8, 4) is 11.1 Å². The van der Waals surface area contributed by atoms with E-state index in [1.165, 1.54) is 61.9 Å². The second-order valence-corrected chi connectivity index (χ2v) is 8.96. The molecule has 1 N–H and O–H groups in total. The highest BCUT2D eigenvalue weighted by molar-refractivity contribution is 5.63. The minimum absolute atomic E-state index is 0.283. The normalized spacial score (nSPS) is 22.0. The molecule has 3 nitrogen and oxygen atoms in total. The highest BCUT2D eigenvalue weighted by Crippen LogP contribution is 2.26. The van der Waals surface area contributed by atoms with Crippen LogP contribution in [0.4, 0.5) is 0 Å². The summed E-state index contributed by atoms with van der Waals surface area (Å²) in [6.07, 6.45) is 7.98. The van der Waals surface area contributed by atoms with Gasteiger partial charge in [0.15, 0.2) is 0 Å². The monoisotopic (exact) mass is 392 g/mol. The van der Waals surface area contributed by atoms with E-state index in [4.69, 9.17) is 0 Å². The Bertz CT molecular complexity index is 724. The lowest BCUT2D eigenvalue weighted by atomic mass is 9.88. The van der Waals surface area contributed by atoms with Crippen LogP contribution in [0.25, 0.3) is 11.1 Å². The zero-order chi connectivity index (χ0) is 19.9. The first-order valence-electron chi connectivity index (χ1n) is 11.5. The topological polar surface area (TPSA) is 26.7 Å². The maximum atomic E-state index is 9.63. The van der Waals surface area contributed by atoms with Crippen LogP contribution in [0.1, 0.15) is 44.1 Å². The van der Waals surface area contributed by atoms with Gasteiger partial charge in [0.2, 0.25) is 0 Å². The average molecular weight is 393 g/mol. The summed E-state index contributed by atoms with van der Waals surface area (Å²) in [5, 5.41) is 9.63. The molecule has 3 heteroatoms. The van der Waals surface area contributed by atoms with Crippen LogP contribution in [0, 0.1) is 5.92 Å². The molecule has 0 unspecified atom stereocenters. The fraction of sp³-hybridized carbons (Fsp3) is 0.538. The largest absolute Gasteiger partial charge is 0.396 e. The first kappa shape index (κ1) is 20.6. The van der Waals surface area contributed by atoms with Gasteiger partial charge in [-0.3, -0.25) is 4.90 Å². The van der Waals surface area contributed by atoms with Crippen molar-refractivity contribution in [3.05, 3.63) is 60.2 Å². The van der Waals surface area contributed by atoms with Gasteiger partial charge >= 0.3 is 0 Å². The van der Waals surface area contributed by atoms with E-state index >= 15 is 0 Å². The van der Waals surface area contributed by atoms with Crippen LogP contribution in [0.2, 0.25) is 0 Å². The van der Waals surface area contributed by atoms with Gasteiger partial charge < -0.3 is 10.0 Å². The molecule has 29 heavy (non-hydrogen) atoms. The number of aliphatic hydroxyl groups excluding tert-OH is 1. The lowest BCUT2D eigenvalue weighted by Crippen LogP contribution is -2.53. The fourth-order valence-corrected chi connectivity index (χ4v) is 5.16. The van der Waals surface area contributed by atoms with E-state index < -0.39 is 0 Å². The Morgan fingerprint density at radius 3 is 2.28 bits per heavy atom. The van der Waals surface area contributed by atoms with Crippen molar-refractivity contribution in [1.82, 2.24) is 9.80 Å². The smallest absolute Gasteiger partial charge is 0.0446 e. The number of hydrogen-bond donors (Lipinski definition) is 1. The minimum atomic E-state index is 0.283. The summed E-state index contributed by atoms with van der Waals surface area (Å²) >= 11 is 0. The molecule has 2 aromatic carbocycles. The van der Waals surface area contributed by atoms with Gasteiger partial charge in [-0.15, -0.1) is 0 Å². The molecule has 1 atom stereocenters. The van der Waals surface area contributed by atoms with E-state index in [0.717, 1.165) is 32.0 Å². The van der Waals surface area contributed by atoms with Gasteiger partial charge in [-0.2, -0.15) is 0 Å². The van der Waals surface area contributed by atoms with Crippen LogP contribution in [0.3, 0.4) is 0 Å². The molecule has 0 amide bonds. The van der Waals surface area contributed by atoms with Gasteiger partial charge in [-0.1, -0.05) is 73.9 Å². The third-order valence-corrected chi connectivity index (χ3v) is 6.84. The Kier molecular flexibility index (Phi) is 7.37. The van der Waals surface area contributed by atoms with E-state index in [9.17, 15) is 5.11 Å². The average Bonchev–Trinajstić information content (AvgIpc) is 2.78. The highest BCUT2D eigenvalue weighted by atomic mass is 16.3. The quantitative estimate of drug-likeness (QED) is 0.733. The number of rotatable bonds is 7. The lowest BCUT2D eigenvalue weighted by molar-refractivity contribution is 0.0427. The zero-order valence-corrected chi connectivity index (χ0v) is 17.7. The molecule has 4 rings (SSSR count). The van der Waals surface area contributed by atoms with E-state index in [2.05, 4.69) is 64.4 Å². The van der Waals surface area contributed by atoms with Crippen LogP contribution in [0.15, 0.2) is 54.6 Å². The van der Waals surface area contributed by atoms with E-state index in [-0.39, 0.29) is 6.61 Å². The van der Waals surface area contributed by atoms with Crippen LogP contribution in [-0.4, -0.2) is 53.7 Å². The Labute approximate surface area is 176 Å². The van der Waals surface area contributed by atoms with Crippen molar-refractivity contribution in [2.24, 2.45) is 5.92 Å². The van der Waals surface area contributed by atoms with Gasteiger partial charge in [0.25, 0.3) is 0 Å². The van der Waals surface area contributed by atoms with Gasteiger partial charge in [-0.25, -0.2) is 0 Å². The van der Waals surface area contributed by atoms with Crippen molar-refractivity contribution < 1.29 is 5.11 Å². The van der Waals surface area contributed by atoms with E-state index in [1.54, 1.807) is 0 Å². The first-order valence-corrected chi connectivity index (χ1v) is 11.5. The Hall–Kier alpha value is -1.68. The summed E-state index contributed by atoms with van der Waals surface area (Å²) in [4.78, 5) is 5.26. The van der Waals surface area contributed by atoms with Gasteiger partial charge in [0, 0.05) is 45.4 Å². The molecular weight excluding hydrogens is 356 g/mol. The molecule has 1 saturated carbocycles. The maximum Gasteiger partial charge on any atom is 0.0446 e. The summed E-state index contributed by atoms with van der Waals surface area (Å²) in [7, 11) is 0. The Morgan fingerprint density at radius 2 is 1.55 bits per heavy atom. The zero-order valence-electron chi connectivity index (χ0n) is 17.7. The number of piperazine rings is 1. The molecule has 2 aromatic rings.